The molecule has 0 aromatic carbocycles. The maximum Gasteiger partial charge on any atom is 0.220 e. The number of hydrogen-bond donors (Lipinski definition) is 4. The fourth-order valence-electron chi connectivity index (χ4n) is 8.51. The lowest BCUT2D eigenvalue weighted by Gasteiger charge is -2.26. The third-order valence-corrected chi connectivity index (χ3v) is 12.6. The number of unbranched alkanes of at least 4 members (excludes halogenated alkanes) is 39. The van der Waals surface area contributed by atoms with E-state index in [-0.39, 0.29) is 12.5 Å². The highest BCUT2D eigenvalue weighted by atomic mass is 16.3. The predicted molar refractivity (Wildman–Crippen MR) is 255 cm³/mol. The second-order valence-electron chi connectivity index (χ2n) is 18.4. The van der Waals surface area contributed by atoms with Gasteiger partial charge in [0.2, 0.25) is 5.91 Å². The Hall–Kier alpha value is -0.910. The Morgan fingerprint density at radius 1 is 0.414 bits per heavy atom. The van der Waals surface area contributed by atoms with Crippen molar-refractivity contribution in [3.63, 3.8) is 0 Å². The molecular weight excluding hydrogens is 715 g/mol. The first-order valence-corrected chi connectivity index (χ1v) is 26.5. The number of hydrogen-bond acceptors (Lipinski definition) is 4. The molecule has 0 spiro atoms. The average Bonchev–Trinajstić information content (AvgIpc) is 3.23. The van der Waals surface area contributed by atoms with Crippen LogP contribution >= 0.6 is 0 Å². The van der Waals surface area contributed by atoms with Crippen molar-refractivity contribution in [2.45, 2.75) is 315 Å². The number of carbonyl (C=O) groups is 1. The van der Waals surface area contributed by atoms with Crippen LogP contribution in [0.5, 0.6) is 0 Å². The van der Waals surface area contributed by atoms with E-state index in [4.69, 9.17) is 0 Å². The van der Waals surface area contributed by atoms with Gasteiger partial charge in [0.05, 0.1) is 18.8 Å². The highest BCUT2D eigenvalue weighted by molar-refractivity contribution is 5.76. The van der Waals surface area contributed by atoms with E-state index in [0.29, 0.717) is 12.8 Å². The van der Waals surface area contributed by atoms with Gasteiger partial charge in [0.1, 0.15) is 6.10 Å². The van der Waals surface area contributed by atoms with Gasteiger partial charge < -0.3 is 20.6 Å². The zero-order valence-electron chi connectivity index (χ0n) is 39.5. The van der Waals surface area contributed by atoms with E-state index in [2.05, 4.69) is 31.3 Å². The van der Waals surface area contributed by atoms with E-state index < -0.39 is 18.2 Å². The number of aliphatic hydroxyl groups is 3. The van der Waals surface area contributed by atoms with Crippen LogP contribution in [0.1, 0.15) is 296 Å². The molecule has 1 amide bonds. The lowest BCUT2D eigenvalue weighted by Crippen LogP contribution is -2.50. The Morgan fingerprint density at radius 3 is 1.00 bits per heavy atom. The zero-order chi connectivity index (χ0) is 42.3. The van der Waals surface area contributed by atoms with E-state index >= 15 is 0 Å². The molecule has 0 aromatic rings. The molecule has 0 aliphatic heterocycles. The summed E-state index contributed by atoms with van der Waals surface area (Å²) in [5.41, 5.74) is 0. The number of nitrogens with one attached hydrogen (secondary N) is 1. The molecule has 0 aliphatic rings. The minimum absolute atomic E-state index is 0.142. The zero-order valence-corrected chi connectivity index (χ0v) is 39.5. The Balaban J connectivity index is 3.41. The summed E-state index contributed by atoms with van der Waals surface area (Å²) in [6, 6.07) is -0.804. The summed E-state index contributed by atoms with van der Waals surface area (Å²) in [5.74, 6) is -0.142. The van der Waals surface area contributed by atoms with Crippen molar-refractivity contribution in [2.24, 2.45) is 0 Å². The van der Waals surface area contributed by atoms with Crippen LogP contribution in [0.4, 0.5) is 0 Å². The Bertz CT molecular complexity index is 818. The molecule has 0 radical (unpaired) electrons. The summed E-state index contributed by atoms with van der Waals surface area (Å²) in [7, 11) is 0. The van der Waals surface area contributed by atoms with Crippen LogP contribution in [0.15, 0.2) is 12.2 Å². The molecule has 0 saturated carbocycles. The lowest BCUT2D eigenvalue weighted by atomic mass is 9.99. The molecule has 0 heterocycles. The number of rotatable bonds is 49. The first-order chi connectivity index (χ1) is 28.6. The molecule has 346 valence electrons. The second-order valence-corrected chi connectivity index (χ2v) is 18.4. The quantitative estimate of drug-likeness (QED) is 0.0364. The molecule has 3 atom stereocenters. The third kappa shape index (κ3) is 43.2. The molecule has 5 heteroatoms. The standard InChI is InChI=1S/C53H105NO4/c1-3-5-7-9-11-13-14-15-16-17-18-19-20-21-22-23-24-25-26-27-28-29-30-31-32-33-34-35-36-37-38-40-42-44-46-48-52(57)54-50(49-55)53(58)51(56)47-45-43-41-39-12-10-8-6-4-2/h23-24,50-51,53,55-56,58H,3-22,25-49H2,1-2H3,(H,54,57)/b24-23-. The number of amides is 1. The van der Waals surface area contributed by atoms with E-state index in [1.165, 1.54) is 231 Å². The summed E-state index contributed by atoms with van der Waals surface area (Å²) in [5, 5.41) is 33.4. The normalized spacial score (nSPS) is 13.4. The second kappa shape index (κ2) is 48.8. The van der Waals surface area contributed by atoms with Crippen LogP contribution in [0, 0.1) is 0 Å². The maximum absolute atomic E-state index is 12.4. The average molecular weight is 820 g/mol. The molecule has 0 aliphatic carbocycles. The molecule has 0 fully saturated rings. The highest BCUT2D eigenvalue weighted by Gasteiger charge is 2.26. The predicted octanol–water partition coefficient (Wildman–Crippen LogP) is 15.9. The largest absolute Gasteiger partial charge is 0.394 e. The lowest BCUT2D eigenvalue weighted by molar-refractivity contribution is -0.124. The molecule has 5 nitrogen and oxygen atoms in total. The maximum atomic E-state index is 12.4. The van der Waals surface area contributed by atoms with Crippen molar-refractivity contribution in [1.82, 2.24) is 5.32 Å². The van der Waals surface area contributed by atoms with Gasteiger partial charge in [-0.3, -0.25) is 4.79 Å². The van der Waals surface area contributed by atoms with Gasteiger partial charge in [0, 0.05) is 6.42 Å². The van der Waals surface area contributed by atoms with Crippen LogP contribution in [0.2, 0.25) is 0 Å². The summed E-state index contributed by atoms with van der Waals surface area (Å²) < 4.78 is 0. The molecule has 3 unspecified atom stereocenters. The van der Waals surface area contributed by atoms with Gasteiger partial charge >= 0.3 is 0 Å². The Labute approximate surface area is 363 Å². The number of aliphatic hydroxyl groups excluding tert-OH is 3. The molecule has 0 aromatic heterocycles. The smallest absolute Gasteiger partial charge is 0.220 e. The fraction of sp³-hybridized carbons (Fsp3) is 0.943. The van der Waals surface area contributed by atoms with Gasteiger partial charge in [-0.15, -0.1) is 0 Å². The Morgan fingerprint density at radius 2 is 0.690 bits per heavy atom. The molecule has 0 bridgehead atoms. The number of carbonyl (C=O) groups excluding carboxylic acids is 1. The minimum Gasteiger partial charge on any atom is -0.394 e. The summed E-state index contributed by atoms with van der Waals surface area (Å²) in [6.45, 7) is 4.17. The van der Waals surface area contributed by atoms with E-state index in [1.54, 1.807) is 0 Å². The number of allylic oxidation sites excluding steroid dienone is 2. The first kappa shape index (κ1) is 57.1. The van der Waals surface area contributed by atoms with E-state index in [1.807, 2.05) is 0 Å². The highest BCUT2D eigenvalue weighted by Crippen LogP contribution is 2.17. The summed E-state index contributed by atoms with van der Waals surface area (Å²) in [4.78, 5) is 12.4. The fourth-order valence-corrected chi connectivity index (χ4v) is 8.51. The van der Waals surface area contributed by atoms with E-state index in [0.717, 1.165) is 38.5 Å². The van der Waals surface area contributed by atoms with Gasteiger partial charge in [0.25, 0.3) is 0 Å². The molecule has 58 heavy (non-hydrogen) atoms. The summed E-state index contributed by atoms with van der Waals surface area (Å²) >= 11 is 0. The molecule has 0 rings (SSSR count). The van der Waals surface area contributed by atoms with Crippen molar-refractivity contribution >= 4 is 5.91 Å². The van der Waals surface area contributed by atoms with Gasteiger partial charge in [-0.05, 0) is 38.5 Å². The van der Waals surface area contributed by atoms with Crippen molar-refractivity contribution < 1.29 is 20.1 Å². The SMILES string of the molecule is CCCCCCCCCCCCCCCC/C=C\CCCCCCCCCCCCCCCCCCCC(=O)NC(CO)C(O)C(O)CCCCCCCCCCC. The minimum atomic E-state index is -1.13. The van der Waals surface area contributed by atoms with Crippen molar-refractivity contribution in [1.29, 1.82) is 0 Å². The van der Waals surface area contributed by atoms with Crippen molar-refractivity contribution in [3.05, 3.63) is 12.2 Å². The topological polar surface area (TPSA) is 89.8 Å². The van der Waals surface area contributed by atoms with Crippen molar-refractivity contribution in [3.8, 4) is 0 Å². The molecular formula is C53H105NO4. The van der Waals surface area contributed by atoms with Crippen LogP contribution < -0.4 is 5.32 Å². The Kier molecular flexibility index (Phi) is 48.0. The van der Waals surface area contributed by atoms with Crippen LogP contribution in [-0.4, -0.2) is 46.1 Å². The monoisotopic (exact) mass is 820 g/mol. The van der Waals surface area contributed by atoms with Gasteiger partial charge in [-0.1, -0.05) is 264 Å². The van der Waals surface area contributed by atoms with Crippen LogP contribution in [0.3, 0.4) is 0 Å². The van der Waals surface area contributed by atoms with Crippen LogP contribution in [-0.2, 0) is 4.79 Å². The first-order valence-electron chi connectivity index (χ1n) is 26.5. The third-order valence-electron chi connectivity index (χ3n) is 12.6. The van der Waals surface area contributed by atoms with Gasteiger partial charge in [-0.2, -0.15) is 0 Å². The van der Waals surface area contributed by atoms with Gasteiger partial charge in [0.15, 0.2) is 0 Å². The molecule has 0 saturated heterocycles. The molecule has 4 N–H and O–H groups in total. The van der Waals surface area contributed by atoms with Crippen molar-refractivity contribution in [2.75, 3.05) is 6.61 Å². The summed E-state index contributed by atoms with van der Waals surface area (Å²) in [6.07, 6.45) is 59.6. The van der Waals surface area contributed by atoms with Crippen LogP contribution in [0.25, 0.3) is 0 Å². The van der Waals surface area contributed by atoms with E-state index in [9.17, 15) is 20.1 Å². The van der Waals surface area contributed by atoms with Gasteiger partial charge in [-0.25, -0.2) is 0 Å².